The average Bonchev–Trinajstić information content (AvgIpc) is 2.80. The molecule has 0 spiro atoms. The van der Waals surface area contributed by atoms with E-state index in [1.165, 1.54) is 4.90 Å². The molecular formula is C26H27NO2S. The van der Waals surface area contributed by atoms with Crippen LogP contribution in [0.1, 0.15) is 48.5 Å². The van der Waals surface area contributed by atoms with Gasteiger partial charge in [-0.25, -0.2) is 0 Å². The maximum atomic E-state index is 13.0. The van der Waals surface area contributed by atoms with Gasteiger partial charge >= 0.3 is 0 Å². The van der Waals surface area contributed by atoms with E-state index in [1.54, 1.807) is 11.8 Å². The third kappa shape index (κ3) is 6.89. The van der Waals surface area contributed by atoms with Crippen LogP contribution in [0.5, 0.6) is 0 Å². The van der Waals surface area contributed by atoms with Gasteiger partial charge in [-0.1, -0.05) is 85.2 Å². The fourth-order valence-corrected chi connectivity index (χ4v) is 3.81. The Balaban J connectivity index is 1.67. The smallest absolute Gasteiger partial charge is 0.210 e. The number of hydrogen-bond donors (Lipinski definition) is 0. The number of ketones is 1. The van der Waals surface area contributed by atoms with Gasteiger partial charge in [0, 0.05) is 15.4 Å². The van der Waals surface area contributed by atoms with E-state index in [0.29, 0.717) is 24.3 Å². The van der Waals surface area contributed by atoms with Crippen LogP contribution in [0.25, 0.3) is 0 Å². The Morgan fingerprint density at radius 3 is 2.13 bits per heavy atom. The summed E-state index contributed by atoms with van der Waals surface area (Å²) in [4.78, 5) is 20.8. The second kappa shape index (κ2) is 12.0. The Labute approximate surface area is 183 Å². The number of hydrogen-bond acceptors (Lipinski definition) is 4. The van der Waals surface area contributed by atoms with Crippen molar-refractivity contribution in [1.82, 2.24) is 0 Å². The molecule has 0 atom stereocenters. The van der Waals surface area contributed by atoms with Crippen molar-refractivity contribution in [3.8, 4) is 0 Å². The molecule has 0 heterocycles. The monoisotopic (exact) mass is 417 g/mol. The first-order valence-electron chi connectivity index (χ1n) is 10.4. The van der Waals surface area contributed by atoms with Crippen LogP contribution in [0.15, 0.2) is 99.9 Å². The van der Waals surface area contributed by atoms with Gasteiger partial charge in [0.15, 0.2) is 0 Å². The lowest BCUT2D eigenvalue weighted by Crippen LogP contribution is -2.15. The van der Waals surface area contributed by atoms with Crippen molar-refractivity contribution in [2.45, 2.75) is 49.0 Å². The average molecular weight is 418 g/mol. The van der Waals surface area contributed by atoms with Crippen LogP contribution >= 0.6 is 11.8 Å². The van der Waals surface area contributed by atoms with Crippen molar-refractivity contribution in [1.29, 1.82) is 0 Å². The van der Waals surface area contributed by atoms with Crippen molar-refractivity contribution in [3.05, 3.63) is 96.1 Å². The lowest BCUT2D eigenvalue weighted by Gasteiger charge is -2.08. The van der Waals surface area contributed by atoms with Crippen LogP contribution in [0.3, 0.4) is 0 Å². The van der Waals surface area contributed by atoms with Crippen LogP contribution in [-0.2, 0) is 11.4 Å². The minimum Gasteiger partial charge on any atom is -0.391 e. The number of rotatable bonds is 11. The molecule has 3 aromatic rings. The number of carbonyl (C=O) groups is 1. The summed E-state index contributed by atoms with van der Waals surface area (Å²) < 4.78 is 0. The number of Topliss-reactive ketones (excluding diaryl/α,β-unsaturated/α-hetero) is 1. The highest BCUT2D eigenvalue weighted by molar-refractivity contribution is 7.99. The molecule has 3 rings (SSSR count). The van der Waals surface area contributed by atoms with E-state index >= 15 is 0 Å². The second-order valence-corrected chi connectivity index (χ2v) is 8.17. The highest BCUT2D eigenvalue weighted by atomic mass is 32.2. The van der Waals surface area contributed by atoms with Crippen molar-refractivity contribution in [2.75, 3.05) is 0 Å². The Hall–Kier alpha value is -2.85. The molecule has 0 amide bonds. The van der Waals surface area contributed by atoms with E-state index in [1.807, 2.05) is 72.8 Å². The molecule has 0 aliphatic heterocycles. The zero-order chi connectivity index (χ0) is 21.0. The van der Waals surface area contributed by atoms with Crippen molar-refractivity contribution in [3.63, 3.8) is 0 Å². The van der Waals surface area contributed by atoms with Crippen LogP contribution < -0.4 is 0 Å². The Morgan fingerprint density at radius 1 is 0.833 bits per heavy atom. The summed E-state index contributed by atoms with van der Waals surface area (Å²) in [7, 11) is 0. The molecule has 30 heavy (non-hydrogen) atoms. The predicted octanol–water partition coefficient (Wildman–Crippen LogP) is 7.17. The largest absolute Gasteiger partial charge is 0.391 e. The van der Waals surface area contributed by atoms with Crippen LogP contribution in [0.2, 0.25) is 0 Å². The number of oxime groups is 1. The quantitative estimate of drug-likeness (QED) is 0.144. The van der Waals surface area contributed by atoms with Gasteiger partial charge in [-0.2, -0.15) is 0 Å². The molecule has 0 unspecified atom stereocenters. The first-order valence-corrected chi connectivity index (χ1v) is 11.2. The standard InChI is InChI=1S/C26H27NO2S/c1-2-3-6-15-25(27-29-20-21-11-7-4-8-12-21)26(28)22-16-18-24(19-17-22)30-23-13-9-5-10-14-23/h4-5,7-14,16-19H,2-3,6,15,20H2,1H3. The first kappa shape index (κ1) is 21.8. The lowest BCUT2D eigenvalue weighted by atomic mass is 10.0. The number of benzene rings is 3. The fraction of sp³-hybridized carbons (Fsp3) is 0.231. The van der Waals surface area contributed by atoms with E-state index in [4.69, 9.17) is 4.84 Å². The molecule has 4 heteroatoms. The summed E-state index contributed by atoms with van der Waals surface area (Å²) in [6, 6.07) is 27.8. The maximum absolute atomic E-state index is 13.0. The summed E-state index contributed by atoms with van der Waals surface area (Å²) in [6.45, 7) is 2.51. The Bertz CT molecular complexity index is 938. The minimum atomic E-state index is -0.0598. The topological polar surface area (TPSA) is 38.7 Å². The molecule has 0 bridgehead atoms. The summed E-state index contributed by atoms with van der Waals surface area (Å²) in [5.74, 6) is -0.0598. The summed E-state index contributed by atoms with van der Waals surface area (Å²) in [5.41, 5.74) is 2.16. The van der Waals surface area contributed by atoms with Crippen molar-refractivity contribution >= 4 is 23.3 Å². The molecule has 0 saturated heterocycles. The highest BCUT2D eigenvalue weighted by Gasteiger charge is 2.15. The van der Waals surface area contributed by atoms with E-state index in [9.17, 15) is 4.79 Å². The Morgan fingerprint density at radius 2 is 1.47 bits per heavy atom. The normalized spacial score (nSPS) is 11.3. The third-order valence-electron chi connectivity index (χ3n) is 4.62. The van der Waals surface area contributed by atoms with Gasteiger partial charge in [0.05, 0.1) is 0 Å². The first-order chi connectivity index (χ1) is 14.8. The predicted molar refractivity (Wildman–Crippen MR) is 124 cm³/mol. The van der Waals surface area contributed by atoms with Gasteiger partial charge in [0.1, 0.15) is 12.3 Å². The SMILES string of the molecule is CCCCCC(=NOCc1ccccc1)C(=O)c1ccc(Sc2ccccc2)cc1. The lowest BCUT2D eigenvalue weighted by molar-refractivity contribution is 0.103. The van der Waals surface area contributed by atoms with Crippen LogP contribution in [0.4, 0.5) is 0 Å². The van der Waals surface area contributed by atoms with E-state index in [2.05, 4.69) is 24.2 Å². The fourth-order valence-electron chi connectivity index (χ4n) is 2.97. The van der Waals surface area contributed by atoms with Crippen LogP contribution in [-0.4, -0.2) is 11.5 Å². The van der Waals surface area contributed by atoms with Gasteiger partial charge < -0.3 is 4.84 Å². The third-order valence-corrected chi connectivity index (χ3v) is 5.64. The van der Waals surface area contributed by atoms with Crippen molar-refractivity contribution in [2.24, 2.45) is 5.16 Å². The summed E-state index contributed by atoms with van der Waals surface area (Å²) in [5, 5.41) is 4.22. The van der Waals surface area contributed by atoms with E-state index < -0.39 is 0 Å². The highest BCUT2D eigenvalue weighted by Crippen LogP contribution is 2.27. The molecule has 0 fully saturated rings. The number of unbranched alkanes of at least 4 members (excludes halogenated alkanes) is 2. The molecule has 0 N–H and O–H groups in total. The summed E-state index contributed by atoms with van der Waals surface area (Å²) in [6.07, 6.45) is 3.72. The second-order valence-electron chi connectivity index (χ2n) is 7.02. The van der Waals surface area contributed by atoms with Crippen molar-refractivity contribution < 1.29 is 9.63 Å². The maximum Gasteiger partial charge on any atom is 0.210 e. The van der Waals surface area contributed by atoms with Gasteiger partial charge in [0.25, 0.3) is 0 Å². The van der Waals surface area contributed by atoms with Gasteiger partial charge in [0.2, 0.25) is 5.78 Å². The molecule has 3 aromatic carbocycles. The van der Waals surface area contributed by atoms with Gasteiger partial charge in [-0.15, -0.1) is 0 Å². The molecule has 0 aliphatic carbocycles. The van der Waals surface area contributed by atoms with Gasteiger partial charge in [-0.3, -0.25) is 4.79 Å². The molecular weight excluding hydrogens is 390 g/mol. The minimum absolute atomic E-state index is 0.0598. The number of nitrogens with zero attached hydrogens (tertiary/aromatic N) is 1. The van der Waals surface area contributed by atoms with Crippen LogP contribution in [0, 0.1) is 0 Å². The molecule has 0 aromatic heterocycles. The molecule has 0 saturated carbocycles. The number of carbonyl (C=O) groups excluding carboxylic acids is 1. The molecule has 154 valence electrons. The molecule has 0 radical (unpaired) electrons. The van der Waals surface area contributed by atoms with E-state index in [-0.39, 0.29) is 5.78 Å². The summed E-state index contributed by atoms with van der Waals surface area (Å²) >= 11 is 1.68. The molecule has 3 nitrogen and oxygen atoms in total. The Kier molecular flexibility index (Phi) is 8.73. The zero-order valence-corrected chi connectivity index (χ0v) is 18.1. The van der Waals surface area contributed by atoms with E-state index in [0.717, 1.165) is 29.7 Å². The zero-order valence-electron chi connectivity index (χ0n) is 17.3. The molecule has 0 aliphatic rings. The van der Waals surface area contributed by atoms with Gasteiger partial charge in [-0.05, 0) is 54.8 Å².